The summed E-state index contributed by atoms with van der Waals surface area (Å²) in [4.78, 5) is 60.9. The highest BCUT2D eigenvalue weighted by atomic mass is 31.3. The van der Waals surface area contributed by atoms with E-state index in [1.54, 1.807) is 0 Å². The predicted octanol–water partition coefficient (Wildman–Crippen LogP) is -1.49. The molecule has 0 saturated carbocycles. The van der Waals surface area contributed by atoms with Crippen LogP contribution in [0, 0.1) is 12.3 Å². The minimum atomic E-state index is -5.78. The van der Waals surface area contributed by atoms with Crippen LogP contribution in [-0.2, 0) is 36.3 Å². The molecule has 1 aliphatic heterocycles. The Kier molecular flexibility index (Phi) is 8.20. The fourth-order valence-corrected chi connectivity index (χ4v) is 5.53. The maximum Gasteiger partial charge on any atom is 0.490 e. The summed E-state index contributed by atoms with van der Waals surface area (Å²) >= 11 is 0. The zero-order valence-corrected chi connectivity index (χ0v) is 18.3. The zero-order chi connectivity index (χ0) is 24.4. The molecule has 5 unspecified atom stereocenters. The third kappa shape index (κ3) is 7.27. The number of terminal acetylenes is 1. The minimum Gasteiger partial charge on any atom is -0.387 e. The van der Waals surface area contributed by atoms with Crippen molar-refractivity contribution in [1.82, 2.24) is 9.55 Å². The third-order valence-corrected chi connectivity index (χ3v) is 7.46. The number of phosphoric acid groups is 3. The van der Waals surface area contributed by atoms with Crippen LogP contribution in [0.1, 0.15) is 12.6 Å². The first-order chi connectivity index (χ1) is 14.6. The van der Waals surface area contributed by atoms with Crippen LogP contribution >= 0.6 is 23.5 Å². The van der Waals surface area contributed by atoms with Crippen LogP contribution in [0.3, 0.4) is 0 Å². The maximum atomic E-state index is 12.0. The van der Waals surface area contributed by atoms with Crippen molar-refractivity contribution in [3.63, 3.8) is 0 Å². The Morgan fingerprint density at radius 2 is 1.88 bits per heavy atom. The average molecular weight is 522 g/mol. The van der Waals surface area contributed by atoms with Crippen LogP contribution in [0.2, 0.25) is 0 Å². The van der Waals surface area contributed by atoms with Crippen molar-refractivity contribution >= 4 is 23.5 Å². The first-order valence-corrected chi connectivity index (χ1v) is 12.6. The Hall–Kier alpha value is -1.47. The summed E-state index contributed by atoms with van der Waals surface area (Å²) < 4.78 is 57.1. The Labute approximate surface area is 178 Å². The van der Waals surface area contributed by atoms with E-state index in [0.29, 0.717) is 0 Å². The normalized spacial score (nSPS) is 27.4. The van der Waals surface area contributed by atoms with Gasteiger partial charge in [-0.1, -0.05) is 5.92 Å². The van der Waals surface area contributed by atoms with Gasteiger partial charge in [0.1, 0.15) is 25.5 Å². The zero-order valence-electron chi connectivity index (χ0n) is 15.6. The van der Waals surface area contributed by atoms with Crippen molar-refractivity contribution in [3.8, 4) is 12.3 Å². The molecule has 20 heteroatoms. The molecule has 1 aromatic heterocycles. The standard InChI is InChI=1S/C12H17N2O15P3/c1-2-5-25-12(7-26-31(21,22)29-32(23,24)28-30(18,19)20)8(15)6-10(27-12)14-4-3-9(16)13-11(14)17/h1,3-4,8,10,15H,5-7H2,(H,21,22)(H,23,24)(H,13,16,17)(H2,18,19,20). The van der Waals surface area contributed by atoms with E-state index in [1.807, 2.05) is 10.9 Å². The van der Waals surface area contributed by atoms with Gasteiger partial charge in [0.15, 0.2) is 0 Å². The Balaban J connectivity index is 2.22. The Morgan fingerprint density at radius 1 is 1.22 bits per heavy atom. The van der Waals surface area contributed by atoms with E-state index in [2.05, 4.69) is 13.1 Å². The van der Waals surface area contributed by atoms with E-state index in [4.69, 9.17) is 25.7 Å². The van der Waals surface area contributed by atoms with E-state index < -0.39 is 66.0 Å². The van der Waals surface area contributed by atoms with Gasteiger partial charge in [-0.3, -0.25) is 18.9 Å². The molecule has 0 aliphatic carbocycles. The molecule has 180 valence electrons. The molecule has 0 amide bonds. The van der Waals surface area contributed by atoms with Crippen molar-refractivity contribution < 1.29 is 61.0 Å². The highest BCUT2D eigenvalue weighted by Gasteiger charge is 2.52. The molecule has 2 heterocycles. The fourth-order valence-electron chi connectivity index (χ4n) is 2.49. The summed E-state index contributed by atoms with van der Waals surface area (Å²) in [7, 11) is -17.0. The van der Waals surface area contributed by atoms with Crippen LogP contribution in [0.5, 0.6) is 0 Å². The summed E-state index contributed by atoms with van der Waals surface area (Å²) in [5.41, 5.74) is -1.64. The summed E-state index contributed by atoms with van der Waals surface area (Å²) in [6, 6.07) is 0.978. The van der Waals surface area contributed by atoms with Crippen LogP contribution in [0.25, 0.3) is 0 Å². The molecule has 2 rings (SSSR count). The number of nitrogens with one attached hydrogen (secondary N) is 1. The predicted molar refractivity (Wildman–Crippen MR) is 99.4 cm³/mol. The van der Waals surface area contributed by atoms with Gasteiger partial charge in [-0.15, -0.1) is 6.42 Å². The Bertz CT molecular complexity index is 1130. The number of aromatic nitrogens is 2. The number of nitrogens with zero attached hydrogens (tertiary/aromatic N) is 1. The van der Waals surface area contributed by atoms with Crippen LogP contribution in [0.15, 0.2) is 21.9 Å². The van der Waals surface area contributed by atoms with Crippen LogP contribution < -0.4 is 11.2 Å². The number of aromatic amines is 1. The first-order valence-electron chi connectivity index (χ1n) is 8.11. The van der Waals surface area contributed by atoms with Gasteiger partial charge >= 0.3 is 29.2 Å². The molecular weight excluding hydrogens is 505 g/mol. The molecule has 6 N–H and O–H groups in total. The van der Waals surface area contributed by atoms with Gasteiger partial charge in [-0.05, 0) is 0 Å². The summed E-state index contributed by atoms with van der Waals surface area (Å²) in [5.74, 6) is -0.272. The van der Waals surface area contributed by atoms with E-state index in [0.717, 1.165) is 16.8 Å². The number of aliphatic hydroxyl groups is 1. The lowest BCUT2D eigenvalue weighted by Crippen LogP contribution is -2.46. The monoisotopic (exact) mass is 522 g/mol. The van der Waals surface area contributed by atoms with Crippen molar-refractivity contribution in [2.45, 2.75) is 24.5 Å². The quantitative estimate of drug-likeness (QED) is 0.151. The molecule has 0 aromatic carbocycles. The number of hydrogen-bond acceptors (Lipinski definition) is 11. The van der Waals surface area contributed by atoms with Gasteiger partial charge < -0.3 is 34.2 Å². The molecule has 5 atom stereocenters. The molecule has 1 fully saturated rings. The minimum absolute atomic E-state index is 0.365. The molecule has 17 nitrogen and oxygen atoms in total. The smallest absolute Gasteiger partial charge is 0.387 e. The van der Waals surface area contributed by atoms with Gasteiger partial charge in [0.05, 0.1) is 0 Å². The number of H-pyrrole nitrogens is 1. The Morgan fingerprint density at radius 3 is 2.44 bits per heavy atom. The molecule has 0 spiro atoms. The van der Waals surface area contributed by atoms with E-state index >= 15 is 0 Å². The summed E-state index contributed by atoms with van der Waals surface area (Å²) in [6.07, 6.45) is 2.82. The molecule has 1 saturated heterocycles. The third-order valence-electron chi connectivity index (χ3n) is 3.67. The van der Waals surface area contributed by atoms with Crippen LogP contribution in [-0.4, -0.2) is 59.3 Å². The summed E-state index contributed by atoms with van der Waals surface area (Å²) in [6.45, 7) is -1.72. The molecule has 0 radical (unpaired) electrons. The number of rotatable bonds is 10. The molecular formula is C12H17N2O15P3. The average Bonchev–Trinajstić information content (AvgIpc) is 2.92. The highest BCUT2D eigenvalue weighted by Crippen LogP contribution is 2.66. The van der Waals surface area contributed by atoms with Gasteiger partial charge in [0, 0.05) is 18.7 Å². The van der Waals surface area contributed by atoms with E-state index in [1.165, 1.54) is 0 Å². The van der Waals surface area contributed by atoms with Gasteiger partial charge in [-0.2, -0.15) is 8.62 Å². The lowest BCUT2D eigenvalue weighted by molar-refractivity contribution is -0.274. The number of aliphatic hydroxyl groups excluding tert-OH is 1. The lowest BCUT2D eigenvalue weighted by Gasteiger charge is -2.31. The van der Waals surface area contributed by atoms with Gasteiger partial charge in [0.25, 0.3) is 5.56 Å². The maximum absolute atomic E-state index is 12.0. The van der Waals surface area contributed by atoms with Gasteiger partial charge in [-0.25, -0.2) is 18.5 Å². The van der Waals surface area contributed by atoms with Crippen molar-refractivity contribution in [2.24, 2.45) is 0 Å². The highest BCUT2D eigenvalue weighted by molar-refractivity contribution is 7.66. The second-order valence-electron chi connectivity index (χ2n) is 6.01. The lowest BCUT2D eigenvalue weighted by atomic mass is 10.1. The fraction of sp³-hybridized carbons (Fsp3) is 0.500. The molecule has 1 aromatic rings. The van der Waals surface area contributed by atoms with Gasteiger partial charge in [0.2, 0.25) is 5.79 Å². The second kappa shape index (κ2) is 9.80. The second-order valence-corrected chi connectivity index (χ2v) is 10.4. The van der Waals surface area contributed by atoms with Crippen LogP contribution in [0.4, 0.5) is 0 Å². The van der Waals surface area contributed by atoms with E-state index in [9.17, 15) is 38.2 Å². The van der Waals surface area contributed by atoms with Crippen molar-refractivity contribution in [3.05, 3.63) is 33.1 Å². The molecule has 1 aliphatic rings. The number of ether oxygens (including phenoxy) is 2. The van der Waals surface area contributed by atoms with E-state index in [-0.39, 0.29) is 6.42 Å². The van der Waals surface area contributed by atoms with Crippen molar-refractivity contribution in [2.75, 3.05) is 13.2 Å². The number of hydrogen-bond donors (Lipinski definition) is 6. The molecule has 0 bridgehead atoms. The molecule has 32 heavy (non-hydrogen) atoms. The topological polar surface area (TPSA) is 253 Å². The SMILES string of the molecule is C#CCOC1(COP(=O)(O)OP(=O)(O)OP(=O)(O)O)OC(n2ccc(=O)[nH]c2=O)CC1O. The summed E-state index contributed by atoms with van der Waals surface area (Å²) in [5, 5.41) is 10.4. The first kappa shape index (κ1) is 26.8. The largest absolute Gasteiger partial charge is 0.490 e. The van der Waals surface area contributed by atoms with Crippen molar-refractivity contribution in [1.29, 1.82) is 0 Å². The number of phosphoric ester groups is 1.